The van der Waals surface area contributed by atoms with Crippen LogP contribution in [0.1, 0.15) is 59.3 Å². The zero-order valence-corrected chi connectivity index (χ0v) is 11.1. The molecule has 0 aromatic heterocycles. The smallest absolute Gasteiger partial charge is 0.333 e. The van der Waals surface area contributed by atoms with E-state index in [2.05, 4.69) is 20.4 Å². The van der Waals surface area contributed by atoms with Gasteiger partial charge in [0.2, 0.25) is 0 Å². The summed E-state index contributed by atoms with van der Waals surface area (Å²) in [5.74, 6) is 0.572. The number of carbonyl (C=O) groups is 1. The van der Waals surface area contributed by atoms with Gasteiger partial charge in [0.1, 0.15) is 0 Å². The van der Waals surface area contributed by atoms with Crippen LogP contribution in [0.15, 0.2) is 12.2 Å². The van der Waals surface area contributed by atoms with Crippen LogP contribution in [0.4, 0.5) is 0 Å². The first-order valence-electron chi connectivity index (χ1n) is 6.40. The second kappa shape index (κ2) is 9.44. The summed E-state index contributed by atoms with van der Waals surface area (Å²) in [6.45, 7) is 10.3. The minimum absolute atomic E-state index is 0.264. The Labute approximate surface area is 100 Å². The minimum atomic E-state index is -0.264. The molecular weight excluding hydrogens is 200 g/mol. The van der Waals surface area contributed by atoms with Gasteiger partial charge in [-0.1, -0.05) is 52.5 Å². The van der Waals surface area contributed by atoms with Crippen molar-refractivity contribution in [1.29, 1.82) is 0 Å². The highest BCUT2D eigenvalue weighted by atomic mass is 16.5. The van der Waals surface area contributed by atoms with E-state index in [1.165, 1.54) is 25.7 Å². The fourth-order valence-electron chi connectivity index (χ4n) is 1.70. The summed E-state index contributed by atoms with van der Waals surface area (Å²) in [6.07, 6.45) is 7.26. The van der Waals surface area contributed by atoms with E-state index in [4.69, 9.17) is 4.74 Å². The number of unbranched alkanes of at least 4 members (excludes halogenated alkanes) is 2. The average Bonchev–Trinajstić information content (AvgIpc) is 2.23. The van der Waals surface area contributed by atoms with Crippen LogP contribution in [0, 0.1) is 5.92 Å². The Morgan fingerprint density at radius 1 is 1.25 bits per heavy atom. The van der Waals surface area contributed by atoms with Gasteiger partial charge in [-0.25, -0.2) is 4.79 Å². The standard InChI is InChI=1S/C14H26O2/c1-5-9-13(4)10-7-6-8-11-16-14(15)12(2)3/h13H,2,5-11H2,1,3-4H3. The molecule has 0 rings (SSSR count). The molecule has 0 aromatic rings. The molecule has 0 bridgehead atoms. The maximum Gasteiger partial charge on any atom is 0.333 e. The predicted molar refractivity (Wildman–Crippen MR) is 68.3 cm³/mol. The molecule has 0 aliphatic rings. The zero-order chi connectivity index (χ0) is 12.4. The minimum Gasteiger partial charge on any atom is -0.462 e. The first-order valence-corrected chi connectivity index (χ1v) is 6.40. The monoisotopic (exact) mass is 226 g/mol. The molecule has 0 aliphatic carbocycles. The van der Waals surface area contributed by atoms with E-state index in [1.807, 2.05) is 0 Å². The van der Waals surface area contributed by atoms with Crippen LogP contribution in [0.2, 0.25) is 0 Å². The van der Waals surface area contributed by atoms with E-state index in [0.717, 1.165) is 18.8 Å². The maximum absolute atomic E-state index is 11.0. The number of hydrogen-bond donors (Lipinski definition) is 0. The molecule has 0 aliphatic heterocycles. The van der Waals surface area contributed by atoms with E-state index in [1.54, 1.807) is 6.92 Å². The van der Waals surface area contributed by atoms with Crippen LogP contribution in [-0.4, -0.2) is 12.6 Å². The van der Waals surface area contributed by atoms with Crippen molar-refractivity contribution in [1.82, 2.24) is 0 Å². The Morgan fingerprint density at radius 3 is 2.50 bits per heavy atom. The third-order valence-electron chi connectivity index (χ3n) is 2.70. The highest BCUT2D eigenvalue weighted by Gasteiger charge is 2.03. The number of esters is 1. The van der Waals surface area contributed by atoms with Crippen LogP contribution in [0.5, 0.6) is 0 Å². The van der Waals surface area contributed by atoms with Crippen molar-refractivity contribution in [3.63, 3.8) is 0 Å². The van der Waals surface area contributed by atoms with Gasteiger partial charge < -0.3 is 4.74 Å². The molecule has 2 nitrogen and oxygen atoms in total. The van der Waals surface area contributed by atoms with Crippen molar-refractivity contribution in [2.45, 2.75) is 59.3 Å². The maximum atomic E-state index is 11.0. The Bertz CT molecular complexity index is 209. The Hall–Kier alpha value is -0.790. The van der Waals surface area contributed by atoms with Crippen LogP contribution in [-0.2, 0) is 9.53 Å². The van der Waals surface area contributed by atoms with E-state index >= 15 is 0 Å². The van der Waals surface area contributed by atoms with Crippen molar-refractivity contribution in [2.75, 3.05) is 6.61 Å². The van der Waals surface area contributed by atoms with Crippen LogP contribution < -0.4 is 0 Å². The van der Waals surface area contributed by atoms with Crippen LogP contribution in [0.3, 0.4) is 0 Å². The SMILES string of the molecule is C=C(C)C(=O)OCCCCCC(C)CCC. The molecule has 1 unspecified atom stereocenters. The van der Waals surface area contributed by atoms with Crippen molar-refractivity contribution >= 4 is 5.97 Å². The molecule has 0 radical (unpaired) electrons. The van der Waals surface area contributed by atoms with Crippen LogP contribution >= 0.6 is 0 Å². The van der Waals surface area contributed by atoms with Gasteiger partial charge in [0.25, 0.3) is 0 Å². The van der Waals surface area contributed by atoms with E-state index in [0.29, 0.717) is 12.2 Å². The van der Waals surface area contributed by atoms with Gasteiger partial charge in [-0.3, -0.25) is 0 Å². The molecule has 0 fully saturated rings. The van der Waals surface area contributed by atoms with Crippen molar-refractivity contribution in [3.8, 4) is 0 Å². The molecule has 0 saturated carbocycles. The fraction of sp³-hybridized carbons (Fsp3) is 0.786. The lowest BCUT2D eigenvalue weighted by molar-refractivity contribution is -0.139. The summed E-state index contributed by atoms with van der Waals surface area (Å²) in [5.41, 5.74) is 0.483. The van der Waals surface area contributed by atoms with E-state index < -0.39 is 0 Å². The summed E-state index contributed by atoms with van der Waals surface area (Å²) < 4.78 is 5.02. The molecule has 0 N–H and O–H groups in total. The molecule has 0 spiro atoms. The summed E-state index contributed by atoms with van der Waals surface area (Å²) in [4.78, 5) is 11.0. The Morgan fingerprint density at radius 2 is 1.94 bits per heavy atom. The summed E-state index contributed by atoms with van der Waals surface area (Å²) in [7, 11) is 0. The average molecular weight is 226 g/mol. The number of hydrogen-bond acceptors (Lipinski definition) is 2. The first-order chi connectivity index (χ1) is 7.57. The van der Waals surface area contributed by atoms with Gasteiger partial charge in [-0.15, -0.1) is 0 Å². The summed E-state index contributed by atoms with van der Waals surface area (Å²) in [5, 5.41) is 0. The van der Waals surface area contributed by atoms with E-state index in [-0.39, 0.29) is 5.97 Å². The second-order valence-corrected chi connectivity index (χ2v) is 4.66. The molecule has 0 saturated heterocycles. The predicted octanol–water partition coefficient (Wildman–Crippen LogP) is 4.10. The normalized spacial score (nSPS) is 12.2. The van der Waals surface area contributed by atoms with Gasteiger partial charge >= 0.3 is 5.97 Å². The Balaban J connectivity index is 3.27. The number of carbonyl (C=O) groups excluding carboxylic acids is 1. The van der Waals surface area contributed by atoms with E-state index in [9.17, 15) is 4.79 Å². The summed E-state index contributed by atoms with van der Waals surface area (Å²) in [6, 6.07) is 0. The van der Waals surface area contributed by atoms with Crippen molar-refractivity contribution in [2.24, 2.45) is 5.92 Å². The fourth-order valence-corrected chi connectivity index (χ4v) is 1.70. The third kappa shape index (κ3) is 8.51. The molecule has 0 aromatic carbocycles. The Kier molecular flexibility index (Phi) is 8.97. The lowest BCUT2D eigenvalue weighted by Gasteiger charge is -2.09. The third-order valence-corrected chi connectivity index (χ3v) is 2.70. The summed E-state index contributed by atoms with van der Waals surface area (Å²) >= 11 is 0. The number of ether oxygens (including phenoxy) is 1. The molecule has 1 atom stereocenters. The molecule has 2 heteroatoms. The highest BCUT2D eigenvalue weighted by Crippen LogP contribution is 2.14. The molecule has 0 amide bonds. The molecule has 0 heterocycles. The van der Waals surface area contributed by atoms with Gasteiger partial charge in [0.05, 0.1) is 6.61 Å². The quantitative estimate of drug-likeness (QED) is 0.336. The van der Waals surface area contributed by atoms with Gasteiger partial charge in [-0.2, -0.15) is 0 Å². The largest absolute Gasteiger partial charge is 0.462 e. The van der Waals surface area contributed by atoms with Gasteiger partial charge in [0, 0.05) is 5.57 Å². The highest BCUT2D eigenvalue weighted by molar-refractivity contribution is 5.86. The first kappa shape index (κ1) is 15.2. The zero-order valence-electron chi connectivity index (χ0n) is 11.1. The second-order valence-electron chi connectivity index (χ2n) is 4.66. The lowest BCUT2D eigenvalue weighted by atomic mass is 9.99. The van der Waals surface area contributed by atoms with Crippen LogP contribution in [0.25, 0.3) is 0 Å². The van der Waals surface area contributed by atoms with Crippen molar-refractivity contribution < 1.29 is 9.53 Å². The lowest BCUT2D eigenvalue weighted by Crippen LogP contribution is -2.06. The molecular formula is C14H26O2. The number of rotatable bonds is 9. The van der Waals surface area contributed by atoms with Gasteiger partial charge in [0.15, 0.2) is 0 Å². The molecule has 94 valence electrons. The molecule has 16 heavy (non-hydrogen) atoms. The van der Waals surface area contributed by atoms with Crippen molar-refractivity contribution in [3.05, 3.63) is 12.2 Å². The van der Waals surface area contributed by atoms with Gasteiger partial charge in [-0.05, 0) is 19.3 Å². The topological polar surface area (TPSA) is 26.3 Å².